The minimum Gasteiger partial charge on any atom is -0.395 e. The zero-order valence-corrected chi connectivity index (χ0v) is 21.4. The number of β-amino-alcohol motifs (C(OH)–C–C–N with tert-alkyl or cyclic N) is 1. The van der Waals surface area contributed by atoms with Crippen molar-refractivity contribution in [2.24, 2.45) is 4.99 Å². The number of piperazine rings is 1. The molecule has 9 heteroatoms. The third-order valence-electron chi connectivity index (χ3n) is 6.73. The molecule has 1 fully saturated rings. The molecule has 9 nitrogen and oxygen atoms in total. The second-order valence-electron chi connectivity index (χ2n) is 9.35. The second-order valence-corrected chi connectivity index (χ2v) is 9.35. The summed E-state index contributed by atoms with van der Waals surface area (Å²) in [6.07, 6.45) is 12.7. The Bertz CT molecular complexity index is 1100. The fourth-order valence-corrected chi connectivity index (χ4v) is 4.45. The number of rotatable bonds is 10. The number of unbranched alkanes of at least 4 members (excludes halogenated alkanes) is 1. The maximum absolute atomic E-state index is 9.18. The summed E-state index contributed by atoms with van der Waals surface area (Å²) in [4.78, 5) is 24.0. The van der Waals surface area contributed by atoms with Gasteiger partial charge in [-0.3, -0.25) is 15.3 Å². The van der Waals surface area contributed by atoms with E-state index in [1.54, 1.807) is 12.3 Å². The zero-order chi connectivity index (χ0) is 25.3. The molecule has 36 heavy (non-hydrogen) atoms. The Labute approximate surface area is 213 Å². The average Bonchev–Trinajstić information content (AvgIpc) is 3.40. The second kappa shape index (κ2) is 12.6. The number of H-pyrrole nitrogens is 1. The summed E-state index contributed by atoms with van der Waals surface area (Å²) >= 11 is 0. The summed E-state index contributed by atoms with van der Waals surface area (Å²) in [5.41, 5.74) is 2.72. The summed E-state index contributed by atoms with van der Waals surface area (Å²) in [5, 5.41) is 17.4. The summed E-state index contributed by atoms with van der Waals surface area (Å²) < 4.78 is 0. The first-order valence-corrected chi connectivity index (χ1v) is 12.9. The van der Waals surface area contributed by atoms with Crippen molar-refractivity contribution in [3.8, 4) is 11.4 Å². The lowest BCUT2D eigenvalue weighted by atomic mass is 9.98. The summed E-state index contributed by atoms with van der Waals surface area (Å²) in [7, 11) is 1.94. The molecule has 0 saturated carbocycles. The Morgan fingerprint density at radius 3 is 2.89 bits per heavy atom. The average molecular weight is 491 g/mol. The first-order valence-electron chi connectivity index (χ1n) is 12.9. The lowest BCUT2D eigenvalue weighted by Gasteiger charge is -2.36. The van der Waals surface area contributed by atoms with Crippen molar-refractivity contribution in [3.63, 3.8) is 0 Å². The topological polar surface area (TPSA) is 108 Å². The van der Waals surface area contributed by atoms with Crippen LogP contribution in [0, 0.1) is 5.41 Å². The minimum atomic E-state index is 0.175. The largest absolute Gasteiger partial charge is 0.395 e. The molecule has 3 N–H and O–H groups in total. The first kappa shape index (κ1) is 25.8. The van der Waals surface area contributed by atoms with Gasteiger partial charge >= 0.3 is 0 Å². The predicted molar refractivity (Wildman–Crippen MR) is 145 cm³/mol. The molecule has 0 aromatic carbocycles. The van der Waals surface area contributed by atoms with E-state index in [1.807, 2.05) is 36.4 Å². The van der Waals surface area contributed by atoms with E-state index in [-0.39, 0.29) is 12.5 Å². The number of aromatic amines is 1. The van der Waals surface area contributed by atoms with Crippen molar-refractivity contribution >= 4 is 18.1 Å². The highest BCUT2D eigenvalue weighted by molar-refractivity contribution is 5.93. The molecule has 0 aliphatic carbocycles. The molecular formula is C27H38N8O. The van der Waals surface area contributed by atoms with Crippen LogP contribution in [0.5, 0.6) is 0 Å². The van der Waals surface area contributed by atoms with Crippen LogP contribution < -0.4 is 0 Å². The SMILES string of the molecule is CCCCN(C)C(=N)/C=C\c1ncc(-c2cccc(C3C=C(N4CCN(CCO)CC4)N=CC3)n2)[nH]1. The Hall–Kier alpha value is -3.30. The van der Waals surface area contributed by atoms with Crippen LogP contribution in [0.15, 0.2) is 47.4 Å². The summed E-state index contributed by atoms with van der Waals surface area (Å²) in [6.45, 7) is 7.69. The van der Waals surface area contributed by atoms with Crippen LogP contribution in [-0.4, -0.2) is 99.7 Å². The molecule has 4 heterocycles. The fraction of sp³-hybridized carbons (Fsp3) is 0.481. The van der Waals surface area contributed by atoms with Crippen LogP contribution >= 0.6 is 0 Å². The van der Waals surface area contributed by atoms with Gasteiger partial charge < -0.3 is 19.9 Å². The molecule has 2 aromatic heterocycles. The van der Waals surface area contributed by atoms with Gasteiger partial charge in [0.05, 0.1) is 24.2 Å². The quantitative estimate of drug-likeness (QED) is 0.349. The molecule has 0 radical (unpaired) electrons. The van der Waals surface area contributed by atoms with Gasteiger partial charge in [0.15, 0.2) is 0 Å². The van der Waals surface area contributed by atoms with Gasteiger partial charge in [0.1, 0.15) is 17.5 Å². The van der Waals surface area contributed by atoms with Crippen molar-refractivity contribution in [3.05, 3.63) is 53.9 Å². The maximum Gasteiger partial charge on any atom is 0.130 e. The number of aromatic nitrogens is 3. The Morgan fingerprint density at radius 2 is 2.11 bits per heavy atom. The highest BCUT2D eigenvalue weighted by Gasteiger charge is 2.22. The number of imidazole rings is 1. The van der Waals surface area contributed by atoms with Gasteiger partial charge in [-0.25, -0.2) is 9.98 Å². The number of pyridine rings is 1. The molecule has 4 rings (SSSR count). The van der Waals surface area contributed by atoms with Gasteiger partial charge in [0.2, 0.25) is 0 Å². The number of aliphatic imine (C=N–C) groups is 1. The predicted octanol–water partition coefficient (Wildman–Crippen LogP) is 3.20. The van der Waals surface area contributed by atoms with E-state index in [0.717, 1.165) is 81.4 Å². The first-order chi connectivity index (χ1) is 17.6. The number of allylic oxidation sites excluding steroid dienone is 1. The number of aliphatic hydroxyl groups is 1. The number of likely N-dealkylation sites (N-methyl/N-ethyl adjacent to an activating group) is 1. The smallest absolute Gasteiger partial charge is 0.130 e. The van der Waals surface area contributed by atoms with Crippen LogP contribution in [0.3, 0.4) is 0 Å². The van der Waals surface area contributed by atoms with E-state index < -0.39 is 0 Å². The van der Waals surface area contributed by atoms with Crippen LogP contribution in [0.1, 0.15) is 43.6 Å². The van der Waals surface area contributed by atoms with E-state index in [0.29, 0.717) is 11.7 Å². The van der Waals surface area contributed by atoms with Crippen molar-refractivity contribution in [1.82, 2.24) is 29.7 Å². The Kier molecular flexibility index (Phi) is 9.02. The molecule has 1 unspecified atom stereocenters. The molecule has 2 aromatic rings. The maximum atomic E-state index is 9.18. The monoisotopic (exact) mass is 490 g/mol. The molecule has 2 aliphatic heterocycles. The van der Waals surface area contributed by atoms with Gasteiger partial charge in [-0.1, -0.05) is 19.4 Å². The lowest BCUT2D eigenvalue weighted by molar-refractivity contribution is 0.130. The van der Waals surface area contributed by atoms with Gasteiger partial charge in [0, 0.05) is 64.1 Å². The number of hydrogen-bond donors (Lipinski definition) is 3. The standard InChI is InChI=1S/C27H38N8O/c1-3-4-12-33(2)25(28)8-9-26-30-20-24(32-26)23-7-5-6-22(31-23)21-10-11-29-27(19-21)35-15-13-34(14-16-35)17-18-36/h5-9,11,19-21,28,36H,3-4,10,12-18H2,1-2H3,(H,30,32)/b9-8-,28-25?. The normalized spacial score (nSPS) is 18.6. The number of amidine groups is 1. The lowest BCUT2D eigenvalue weighted by Crippen LogP contribution is -2.46. The highest BCUT2D eigenvalue weighted by atomic mass is 16.3. The van der Waals surface area contributed by atoms with E-state index in [1.165, 1.54) is 0 Å². The number of aliphatic hydroxyl groups excluding tert-OH is 1. The third-order valence-corrected chi connectivity index (χ3v) is 6.73. The van der Waals surface area contributed by atoms with Crippen molar-refractivity contribution in [2.45, 2.75) is 32.1 Å². The Morgan fingerprint density at radius 1 is 1.28 bits per heavy atom. The van der Waals surface area contributed by atoms with Gasteiger partial charge in [-0.2, -0.15) is 0 Å². The fourth-order valence-electron chi connectivity index (χ4n) is 4.45. The van der Waals surface area contributed by atoms with Crippen molar-refractivity contribution in [1.29, 1.82) is 5.41 Å². The molecule has 0 spiro atoms. The zero-order valence-electron chi connectivity index (χ0n) is 21.4. The molecule has 1 saturated heterocycles. The van der Waals surface area contributed by atoms with E-state index >= 15 is 0 Å². The van der Waals surface area contributed by atoms with Crippen molar-refractivity contribution < 1.29 is 5.11 Å². The van der Waals surface area contributed by atoms with Crippen LogP contribution in [0.2, 0.25) is 0 Å². The highest BCUT2D eigenvalue weighted by Crippen LogP contribution is 2.27. The number of hydrogen-bond acceptors (Lipinski definition) is 7. The summed E-state index contributed by atoms with van der Waals surface area (Å²) in [5.74, 6) is 2.37. The molecule has 0 amide bonds. The van der Waals surface area contributed by atoms with Crippen LogP contribution in [0.25, 0.3) is 17.5 Å². The minimum absolute atomic E-state index is 0.175. The number of nitrogens with one attached hydrogen (secondary N) is 2. The van der Waals surface area contributed by atoms with Gasteiger partial charge in [-0.15, -0.1) is 0 Å². The third kappa shape index (κ3) is 6.67. The molecular weight excluding hydrogens is 452 g/mol. The molecule has 192 valence electrons. The van der Waals surface area contributed by atoms with Crippen LogP contribution in [0.4, 0.5) is 0 Å². The number of nitrogens with zero attached hydrogens (tertiary/aromatic N) is 6. The van der Waals surface area contributed by atoms with Crippen LogP contribution in [-0.2, 0) is 0 Å². The Balaban J connectivity index is 1.41. The van der Waals surface area contributed by atoms with E-state index in [2.05, 4.69) is 43.8 Å². The molecule has 1 atom stereocenters. The van der Waals surface area contributed by atoms with E-state index in [4.69, 9.17) is 10.4 Å². The van der Waals surface area contributed by atoms with Crippen molar-refractivity contribution in [2.75, 3.05) is 52.9 Å². The molecule has 0 bridgehead atoms. The van der Waals surface area contributed by atoms with E-state index in [9.17, 15) is 5.11 Å². The summed E-state index contributed by atoms with van der Waals surface area (Å²) in [6, 6.07) is 6.11. The van der Waals surface area contributed by atoms with Gasteiger partial charge in [0.25, 0.3) is 0 Å². The van der Waals surface area contributed by atoms with Gasteiger partial charge in [-0.05, 0) is 43.2 Å². The molecule has 2 aliphatic rings.